The van der Waals surface area contributed by atoms with Gasteiger partial charge in [-0.2, -0.15) is 0 Å². The van der Waals surface area contributed by atoms with Crippen LogP contribution in [0.2, 0.25) is 5.15 Å². The van der Waals surface area contributed by atoms with Crippen LogP contribution in [0, 0.1) is 0 Å². The number of rotatable bonds is 2. The first kappa shape index (κ1) is 16.5. The lowest BCUT2D eigenvalue weighted by atomic mass is 9.96. The van der Waals surface area contributed by atoms with Crippen LogP contribution in [0.1, 0.15) is 69.8 Å². The fraction of sp³-hybridized carbons (Fsp3) is 0.706. The van der Waals surface area contributed by atoms with E-state index in [4.69, 9.17) is 21.3 Å². The van der Waals surface area contributed by atoms with E-state index in [-0.39, 0.29) is 12.0 Å². The highest BCUT2D eigenvalue weighted by Gasteiger charge is 2.36. The van der Waals surface area contributed by atoms with Gasteiger partial charge in [0.15, 0.2) is 0 Å². The van der Waals surface area contributed by atoms with Gasteiger partial charge in [-0.05, 0) is 39.7 Å². The topological polar surface area (TPSA) is 55.3 Å². The van der Waals surface area contributed by atoms with Crippen molar-refractivity contribution in [2.75, 3.05) is 13.1 Å². The van der Waals surface area contributed by atoms with E-state index < -0.39 is 5.60 Å². The summed E-state index contributed by atoms with van der Waals surface area (Å²) in [5, 5.41) is 0.507. The molecule has 0 atom stereocenters. The summed E-state index contributed by atoms with van der Waals surface area (Å²) in [6, 6.07) is 1.83. The predicted octanol–water partition coefficient (Wildman–Crippen LogP) is 4.12. The van der Waals surface area contributed by atoms with Crippen molar-refractivity contribution in [3.8, 4) is 0 Å². The maximum Gasteiger partial charge on any atom is 0.410 e. The summed E-state index contributed by atoms with van der Waals surface area (Å²) < 4.78 is 5.38. The van der Waals surface area contributed by atoms with Crippen molar-refractivity contribution in [1.82, 2.24) is 14.9 Å². The number of ether oxygens (including phenoxy) is 1. The summed E-state index contributed by atoms with van der Waals surface area (Å²) in [5.41, 5.74) is 0.488. The Kier molecular flexibility index (Phi) is 4.50. The average Bonchev–Trinajstić information content (AvgIpc) is 2.87. The molecule has 1 amide bonds. The van der Waals surface area contributed by atoms with Gasteiger partial charge in [-0.1, -0.05) is 24.4 Å². The molecular weight excluding hydrogens is 314 g/mol. The van der Waals surface area contributed by atoms with Crippen LogP contribution in [0.25, 0.3) is 0 Å². The number of carbonyl (C=O) groups excluding carboxylic acids is 1. The normalized spacial score (nSPS) is 19.7. The Balaban J connectivity index is 1.64. The van der Waals surface area contributed by atoms with Crippen LogP contribution in [0.4, 0.5) is 4.79 Å². The van der Waals surface area contributed by atoms with E-state index in [9.17, 15) is 4.79 Å². The largest absolute Gasteiger partial charge is 0.444 e. The lowest BCUT2D eigenvalue weighted by Gasteiger charge is -2.39. The number of amides is 1. The van der Waals surface area contributed by atoms with Gasteiger partial charge in [-0.15, -0.1) is 0 Å². The Labute approximate surface area is 142 Å². The molecule has 0 unspecified atom stereocenters. The fourth-order valence-electron chi connectivity index (χ4n) is 3.17. The Morgan fingerprint density at radius 3 is 2.48 bits per heavy atom. The minimum Gasteiger partial charge on any atom is -0.444 e. The highest BCUT2D eigenvalue weighted by Crippen LogP contribution is 2.34. The molecule has 0 bridgehead atoms. The second-order valence-corrected chi connectivity index (χ2v) is 7.92. The van der Waals surface area contributed by atoms with E-state index in [2.05, 4.69) is 4.98 Å². The smallest absolute Gasteiger partial charge is 0.410 e. The van der Waals surface area contributed by atoms with Crippen molar-refractivity contribution in [3.05, 3.63) is 22.7 Å². The summed E-state index contributed by atoms with van der Waals surface area (Å²) in [7, 11) is 0. The molecule has 126 valence electrons. The molecule has 1 saturated carbocycles. The van der Waals surface area contributed by atoms with Gasteiger partial charge < -0.3 is 9.64 Å². The number of likely N-dealkylation sites (tertiary alicyclic amines) is 1. The summed E-state index contributed by atoms with van der Waals surface area (Å²) in [4.78, 5) is 22.9. The van der Waals surface area contributed by atoms with Crippen LogP contribution in [0.15, 0.2) is 6.07 Å². The molecule has 3 rings (SSSR count). The first-order chi connectivity index (χ1) is 10.8. The first-order valence-electron chi connectivity index (χ1n) is 8.34. The van der Waals surface area contributed by atoms with Crippen LogP contribution < -0.4 is 0 Å². The molecule has 0 aromatic carbocycles. The molecule has 6 heteroatoms. The van der Waals surface area contributed by atoms with Gasteiger partial charge in [-0.25, -0.2) is 14.8 Å². The summed E-state index contributed by atoms with van der Waals surface area (Å²) >= 11 is 6.18. The van der Waals surface area contributed by atoms with Crippen LogP contribution in [-0.4, -0.2) is 39.7 Å². The quantitative estimate of drug-likeness (QED) is 0.762. The maximum atomic E-state index is 12.0. The molecule has 1 aliphatic carbocycles. The van der Waals surface area contributed by atoms with Crippen molar-refractivity contribution >= 4 is 17.7 Å². The van der Waals surface area contributed by atoms with Crippen molar-refractivity contribution in [2.24, 2.45) is 0 Å². The van der Waals surface area contributed by atoms with Crippen molar-refractivity contribution in [1.29, 1.82) is 0 Å². The summed E-state index contributed by atoms with van der Waals surface area (Å²) in [5.74, 6) is 1.54. The van der Waals surface area contributed by atoms with E-state index in [1.165, 1.54) is 12.8 Å². The number of hydrogen-bond acceptors (Lipinski definition) is 4. The van der Waals surface area contributed by atoms with Gasteiger partial charge in [-0.3, -0.25) is 0 Å². The highest BCUT2D eigenvalue weighted by molar-refractivity contribution is 6.29. The third-order valence-corrected chi connectivity index (χ3v) is 4.60. The number of nitrogens with zero attached hydrogens (tertiary/aromatic N) is 3. The van der Waals surface area contributed by atoms with Gasteiger partial charge in [0, 0.05) is 24.9 Å². The minimum absolute atomic E-state index is 0.225. The van der Waals surface area contributed by atoms with E-state index >= 15 is 0 Å². The molecule has 2 aliphatic rings. The molecule has 5 nitrogen and oxygen atoms in total. The van der Waals surface area contributed by atoms with E-state index in [1.54, 1.807) is 4.90 Å². The zero-order valence-corrected chi connectivity index (χ0v) is 14.8. The molecule has 1 aromatic heterocycles. The van der Waals surface area contributed by atoms with Gasteiger partial charge in [0.1, 0.15) is 16.6 Å². The molecule has 0 radical (unpaired) electrons. The highest BCUT2D eigenvalue weighted by atomic mass is 35.5. The Hall–Kier alpha value is -1.36. The van der Waals surface area contributed by atoms with Gasteiger partial charge in [0.05, 0.1) is 5.69 Å². The SMILES string of the molecule is CC(C)(C)OC(=O)N1CC(c2cc(Cl)nc(C3CCCC3)n2)C1. The zero-order valence-electron chi connectivity index (χ0n) is 14.0. The molecule has 23 heavy (non-hydrogen) atoms. The van der Waals surface area contributed by atoms with Crippen LogP contribution >= 0.6 is 11.6 Å². The molecular formula is C17H24ClN3O2. The van der Waals surface area contributed by atoms with Crippen molar-refractivity contribution < 1.29 is 9.53 Å². The molecule has 0 N–H and O–H groups in total. The zero-order chi connectivity index (χ0) is 16.6. The lowest BCUT2D eigenvalue weighted by Crippen LogP contribution is -2.50. The first-order valence-corrected chi connectivity index (χ1v) is 8.72. The van der Waals surface area contributed by atoms with E-state index in [0.717, 1.165) is 24.4 Å². The number of halogens is 1. The number of hydrogen-bond donors (Lipinski definition) is 0. The number of carbonyl (C=O) groups is 1. The Bertz CT molecular complexity index is 588. The Morgan fingerprint density at radius 2 is 1.87 bits per heavy atom. The van der Waals surface area contributed by atoms with Crippen LogP contribution in [0.5, 0.6) is 0 Å². The fourth-order valence-corrected chi connectivity index (χ4v) is 3.37. The third kappa shape index (κ3) is 3.94. The average molecular weight is 338 g/mol. The minimum atomic E-state index is -0.462. The summed E-state index contributed by atoms with van der Waals surface area (Å²) in [6.45, 7) is 6.89. The van der Waals surface area contributed by atoms with Gasteiger partial charge in [0.25, 0.3) is 0 Å². The molecule has 1 aliphatic heterocycles. The second-order valence-electron chi connectivity index (χ2n) is 7.54. The Morgan fingerprint density at radius 1 is 1.22 bits per heavy atom. The van der Waals surface area contributed by atoms with Gasteiger partial charge in [0.2, 0.25) is 0 Å². The lowest BCUT2D eigenvalue weighted by molar-refractivity contribution is 0.00785. The van der Waals surface area contributed by atoms with Crippen molar-refractivity contribution in [2.45, 2.75) is 63.9 Å². The van der Waals surface area contributed by atoms with Crippen LogP contribution in [-0.2, 0) is 4.74 Å². The second kappa shape index (κ2) is 6.27. The molecule has 1 aromatic rings. The molecule has 0 spiro atoms. The summed E-state index contributed by atoms with van der Waals surface area (Å²) in [6.07, 6.45) is 4.52. The monoisotopic (exact) mass is 337 g/mol. The molecule has 1 saturated heterocycles. The number of aromatic nitrogens is 2. The van der Waals surface area contributed by atoms with Gasteiger partial charge >= 0.3 is 6.09 Å². The van der Waals surface area contributed by atoms with E-state index in [0.29, 0.717) is 24.2 Å². The van der Waals surface area contributed by atoms with Crippen LogP contribution in [0.3, 0.4) is 0 Å². The third-order valence-electron chi connectivity index (χ3n) is 4.40. The predicted molar refractivity (Wildman–Crippen MR) is 88.8 cm³/mol. The molecule has 2 fully saturated rings. The maximum absolute atomic E-state index is 12.0. The van der Waals surface area contributed by atoms with E-state index in [1.807, 2.05) is 26.8 Å². The standard InChI is InChI=1S/C17H24ClN3O2/c1-17(2,3)23-16(22)21-9-12(10-21)13-8-14(18)20-15(19-13)11-6-4-5-7-11/h8,11-12H,4-7,9-10H2,1-3H3. The molecule has 2 heterocycles. The van der Waals surface area contributed by atoms with Crippen molar-refractivity contribution in [3.63, 3.8) is 0 Å².